The van der Waals surface area contributed by atoms with Gasteiger partial charge in [-0.1, -0.05) is 13.0 Å². The second kappa shape index (κ2) is 12.6. The number of hydrogen-bond acceptors (Lipinski definition) is 8. The Morgan fingerprint density at radius 1 is 1.00 bits per heavy atom. The number of carbonyl (C=O) groups is 1. The van der Waals surface area contributed by atoms with E-state index in [1.54, 1.807) is 0 Å². The van der Waals surface area contributed by atoms with Crippen LogP contribution < -0.4 is 4.74 Å². The van der Waals surface area contributed by atoms with E-state index in [1.165, 1.54) is 6.92 Å². The highest BCUT2D eigenvalue weighted by Crippen LogP contribution is 2.55. The summed E-state index contributed by atoms with van der Waals surface area (Å²) in [7, 11) is 0. The van der Waals surface area contributed by atoms with Crippen LogP contribution in [0.4, 0.5) is 22.0 Å². The van der Waals surface area contributed by atoms with Crippen molar-refractivity contribution in [3.63, 3.8) is 0 Å². The molecule has 220 valence electrons. The number of nitrogens with zero attached hydrogens (tertiary/aromatic N) is 2. The summed E-state index contributed by atoms with van der Waals surface area (Å²) in [6, 6.07) is 1.97. The van der Waals surface area contributed by atoms with Crippen molar-refractivity contribution in [2.45, 2.75) is 37.6 Å². The third-order valence-electron chi connectivity index (χ3n) is 7.85. The van der Waals surface area contributed by atoms with Crippen molar-refractivity contribution < 1.29 is 50.4 Å². The summed E-state index contributed by atoms with van der Waals surface area (Å²) in [6.45, 7) is 7.46. The third-order valence-corrected chi connectivity index (χ3v) is 7.85. The Balaban J connectivity index is 1.56. The van der Waals surface area contributed by atoms with E-state index in [4.69, 9.17) is 23.7 Å². The SMILES string of the molecule is C[C@H]1[C@@H](c2ccc(F)c(F)c2OCCN2CCOCC2)[C@H](C(=O)OCCN2CCOCC2)O[C@@]1(C)C(F)(F)F. The van der Waals surface area contributed by atoms with Gasteiger partial charge in [0.15, 0.2) is 23.3 Å². The predicted octanol–water partition coefficient (Wildman–Crippen LogP) is 2.99. The van der Waals surface area contributed by atoms with Crippen LogP contribution in [0.15, 0.2) is 12.1 Å². The average Bonchev–Trinajstić information content (AvgIpc) is 3.19. The van der Waals surface area contributed by atoms with E-state index in [2.05, 4.69) is 0 Å². The van der Waals surface area contributed by atoms with E-state index in [0.29, 0.717) is 65.7 Å². The number of hydrogen-bond donors (Lipinski definition) is 0. The van der Waals surface area contributed by atoms with Crippen molar-refractivity contribution in [2.75, 3.05) is 78.9 Å². The molecule has 4 atom stereocenters. The van der Waals surface area contributed by atoms with Crippen LogP contribution >= 0.6 is 0 Å². The van der Waals surface area contributed by atoms with Crippen molar-refractivity contribution in [1.29, 1.82) is 0 Å². The quantitative estimate of drug-likeness (QED) is 0.334. The minimum absolute atomic E-state index is 0.0411. The standard InChI is InChI=1S/C26H35F5N2O6/c1-17-20(18-3-4-19(27)21(28)22(18)37-15-9-32-5-11-35-12-6-32)23(39-25(17,2)26(29,30)31)24(34)38-16-10-33-7-13-36-14-8-33/h3-4,17,20,23H,5-16H2,1-2H3/t17-,20-,23+,25+/m0/s1. The fourth-order valence-electron chi connectivity index (χ4n) is 5.24. The molecule has 3 saturated heterocycles. The Kier molecular flexibility index (Phi) is 9.69. The van der Waals surface area contributed by atoms with Gasteiger partial charge in [-0.05, 0) is 13.0 Å². The molecule has 0 saturated carbocycles. The second-order valence-electron chi connectivity index (χ2n) is 10.2. The monoisotopic (exact) mass is 566 g/mol. The van der Waals surface area contributed by atoms with Gasteiger partial charge in [0.05, 0.1) is 26.4 Å². The van der Waals surface area contributed by atoms with Gasteiger partial charge in [-0.3, -0.25) is 9.80 Å². The highest BCUT2D eigenvalue weighted by molar-refractivity contribution is 5.77. The Morgan fingerprint density at radius 2 is 1.56 bits per heavy atom. The molecule has 8 nitrogen and oxygen atoms in total. The van der Waals surface area contributed by atoms with Gasteiger partial charge in [0, 0.05) is 56.7 Å². The molecule has 0 aromatic heterocycles. The topological polar surface area (TPSA) is 69.7 Å². The minimum atomic E-state index is -4.84. The molecule has 0 amide bonds. The van der Waals surface area contributed by atoms with E-state index in [-0.39, 0.29) is 18.8 Å². The normalized spacial score (nSPS) is 28.9. The van der Waals surface area contributed by atoms with Gasteiger partial charge in [-0.2, -0.15) is 17.6 Å². The van der Waals surface area contributed by atoms with Crippen LogP contribution in [0.5, 0.6) is 5.75 Å². The highest BCUT2D eigenvalue weighted by Gasteiger charge is 2.66. The first-order chi connectivity index (χ1) is 18.5. The molecule has 0 unspecified atom stereocenters. The maximum Gasteiger partial charge on any atom is 0.417 e. The summed E-state index contributed by atoms with van der Waals surface area (Å²) >= 11 is 0. The number of carbonyl (C=O) groups excluding carboxylic acids is 1. The Bertz CT molecular complexity index is 986. The van der Waals surface area contributed by atoms with Crippen molar-refractivity contribution in [2.24, 2.45) is 5.92 Å². The average molecular weight is 567 g/mol. The Labute approximate surface area is 224 Å². The second-order valence-corrected chi connectivity index (χ2v) is 10.2. The molecule has 0 spiro atoms. The summed E-state index contributed by atoms with van der Waals surface area (Å²) in [4.78, 5) is 17.1. The molecule has 0 bridgehead atoms. The molecular formula is C26H35F5N2O6. The molecule has 1 aromatic carbocycles. The Hall–Kier alpha value is -2.06. The van der Waals surface area contributed by atoms with Crippen LogP contribution in [-0.4, -0.2) is 113 Å². The van der Waals surface area contributed by atoms with Gasteiger partial charge in [-0.15, -0.1) is 0 Å². The lowest BCUT2D eigenvalue weighted by atomic mass is 9.77. The van der Waals surface area contributed by atoms with Crippen LogP contribution in [0, 0.1) is 17.6 Å². The van der Waals surface area contributed by atoms with Crippen molar-refractivity contribution in [1.82, 2.24) is 9.80 Å². The molecule has 0 N–H and O–H groups in total. The molecule has 3 aliphatic heterocycles. The zero-order valence-corrected chi connectivity index (χ0v) is 22.1. The molecule has 1 aromatic rings. The van der Waals surface area contributed by atoms with Gasteiger partial charge in [0.1, 0.15) is 13.2 Å². The minimum Gasteiger partial charge on any atom is -0.489 e. The molecule has 0 aliphatic carbocycles. The third kappa shape index (κ3) is 6.64. The van der Waals surface area contributed by atoms with Crippen molar-refractivity contribution in [3.05, 3.63) is 29.3 Å². The Morgan fingerprint density at radius 3 is 2.13 bits per heavy atom. The first kappa shape index (κ1) is 29.9. The molecule has 4 rings (SSSR count). The van der Waals surface area contributed by atoms with Crippen LogP contribution in [0.1, 0.15) is 25.3 Å². The van der Waals surface area contributed by atoms with E-state index >= 15 is 4.39 Å². The summed E-state index contributed by atoms with van der Waals surface area (Å²) < 4.78 is 98.8. The van der Waals surface area contributed by atoms with Crippen molar-refractivity contribution in [3.8, 4) is 5.75 Å². The summed E-state index contributed by atoms with van der Waals surface area (Å²) in [5, 5.41) is 0. The fraction of sp³-hybridized carbons (Fsp3) is 0.731. The molecule has 3 heterocycles. The van der Waals surface area contributed by atoms with Gasteiger partial charge >= 0.3 is 12.1 Å². The number of morpholine rings is 2. The maximum atomic E-state index is 15.0. The largest absolute Gasteiger partial charge is 0.489 e. The summed E-state index contributed by atoms with van der Waals surface area (Å²) in [6.07, 6.45) is -6.55. The van der Waals surface area contributed by atoms with Gasteiger partial charge in [-0.25, -0.2) is 9.18 Å². The summed E-state index contributed by atoms with van der Waals surface area (Å²) in [5.41, 5.74) is -2.81. The van der Waals surface area contributed by atoms with E-state index in [9.17, 15) is 22.4 Å². The first-order valence-corrected chi connectivity index (χ1v) is 13.1. The van der Waals surface area contributed by atoms with Crippen molar-refractivity contribution >= 4 is 5.97 Å². The smallest absolute Gasteiger partial charge is 0.417 e. The lowest BCUT2D eigenvalue weighted by Gasteiger charge is -2.32. The van der Waals surface area contributed by atoms with Crippen LogP contribution in [0.2, 0.25) is 0 Å². The fourth-order valence-corrected chi connectivity index (χ4v) is 5.24. The number of rotatable bonds is 9. The molecule has 3 aliphatic rings. The summed E-state index contributed by atoms with van der Waals surface area (Å²) in [5.74, 6) is -6.73. The maximum absolute atomic E-state index is 15.0. The van der Waals surface area contributed by atoms with Gasteiger partial charge in [0.2, 0.25) is 5.82 Å². The zero-order valence-electron chi connectivity index (χ0n) is 22.1. The first-order valence-electron chi connectivity index (χ1n) is 13.1. The number of halogens is 5. The lowest BCUT2D eigenvalue weighted by molar-refractivity contribution is -0.274. The highest BCUT2D eigenvalue weighted by atomic mass is 19.4. The van der Waals surface area contributed by atoms with Gasteiger partial charge in [0.25, 0.3) is 0 Å². The number of alkyl halides is 3. The molecule has 13 heteroatoms. The number of benzene rings is 1. The molecule has 39 heavy (non-hydrogen) atoms. The lowest BCUT2D eigenvalue weighted by Crippen LogP contribution is -2.47. The van der Waals surface area contributed by atoms with E-state index < -0.39 is 53.1 Å². The predicted molar refractivity (Wildman–Crippen MR) is 129 cm³/mol. The van der Waals surface area contributed by atoms with Crippen LogP contribution in [-0.2, 0) is 23.7 Å². The molecule has 3 fully saturated rings. The van der Waals surface area contributed by atoms with E-state index in [1.807, 2.05) is 9.80 Å². The number of esters is 1. The van der Waals surface area contributed by atoms with Crippen LogP contribution in [0.3, 0.4) is 0 Å². The zero-order chi connectivity index (χ0) is 28.2. The number of ether oxygens (including phenoxy) is 5. The van der Waals surface area contributed by atoms with E-state index in [0.717, 1.165) is 19.1 Å². The molecule has 0 radical (unpaired) electrons. The van der Waals surface area contributed by atoms with Gasteiger partial charge < -0.3 is 23.7 Å². The van der Waals surface area contributed by atoms with Crippen LogP contribution in [0.25, 0.3) is 0 Å². The molecular weight excluding hydrogens is 531 g/mol.